The van der Waals surface area contributed by atoms with Crippen LogP contribution in [0.4, 0.5) is 26.3 Å². The van der Waals surface area contributed by atoms with Crippen LogP contribution in [-0.4, -0.2) is 17.8 Å². The Balaban J connectivity index is 1.81. The van der Waals surface area contributed by atoms with E-state index < -0.39 is 28.9 Å². The number of rotatable bonds is 3. The molecule has 35 heavy (non-hydrogen) atoms. The Kier molecular flexibility index (Phi) is 4.76. The smallest absolute Gasteiger partial charge is 0.194 e. The van der Waals surface area contributed by atoms with Crippen molar-refractivity contribution in [2.45, 2.75) is 17.8 Å². The molecular weight excluding hydrogens is 502 g/mol. The van der Waals surface area contributed by atoms with E-state index in [2.05, 4.69) is 0 Å². The summed E-state index contributed by atoms with van der Waals surface area (Å²) in [5.41, 5.74) is -2.71. The predicted octanol–water partition coefficient (Wildman–Crippen LogP) is 9.61. The van der Waals surface area contributed by atoms with Crippen LogP contribution < -0.4 is 0 Å². The first-order chi connectivity index (χ1) is 16.7. The van der Waals surface area contributed by atoms with Crippen LogP contribution in [0.3, 0.4) is 0 Å². The zero-order valence-corrected chi connectivity index (χ0v) is 19.3. The zero-order chi connectivity index (χ0) is 24.6. The second-order valence-corrected chi connectivity index (χ2v) is 10.3. The van der Waals surface area contributed by atoms with Crippen molar-refractivity contribution in [2.24, 2.45) is 0 Å². The molecule has 5 aromatic rings. The maximum Gasteiger partial charge on any atom is 0.380 e. The molecule has 0 atom stereocenters. The van der Waals surface area contributed by atoms with Gasteiger partial charge in [-0.1, -0.05) is 66.7 Å². The minimum absolute atomic E-state index is 0.233. The van der Waals surface area contributed by atoms with Gasteiger partial charge in [-0.15, -0.1) is 22.7 Å². The van der Waals surface area contributed by atoms with E-state index in [1.165, 1.54) is 17.5 Å². The molecule has 0 spiro atoms. The van der Waals surface area contributed by atoms with Crippen LogP contribution in [0.5, 0.6) is 0 Å². The maximum atomic E-state index is 15.6. The van der Waals surface area contributed by atoms with Crippen LogP contribution in [0.2, 0.25) is 0 Å². The van der Waals surface area contributed by atoms with Gasteiger partial charge in [0.15, 0.2) is 0 Å². The highest BCUT2D eigenvalue weighted by Crippen LogP contribution is 2.67. The molecule has 0 fully saturated rings. The lowest BCUT2D eigenvalue weighted by molar-refractivity contribution is -0.254. The number of thiophene rings is 2. The lowest BCUT2D eigenvalue weighted by Crippen LogP contribution is -2.48. The van der Waals surface area contributed by atoms with Gasteiger partial charge in [-0.2, -0.15) is 26.3 Å². The predicted molar refractivity (Wildman–Crippen MR) is 131 cm³/mol. The highest BCUT2D eigenvalue weighted by atomic mass is 32.1. The molecule has 2 aromatic heterocycles. The van der Waals surface area contributed by atoms with Crippen LogP contribution in [0.1, 0.15) is 11.1 Å². The fourth-order valence-electron chi connectivity index (χ4n) is 4.67. The van der Waals surface area contributed by atoms with Crippen LogP contribution in [0.25, 0.3) is 41.8 Å². The van der Waals surface area contributed by atoms with Crippen LogP contribution in [0.15, 0.2) is 84.2 Å². The minimum Gasteiger partial charge on any atom is -0.194 e. The number of hydrogen-bond donors (Lipinski definition) is 0. The van der Waals surface area contributed by atoms with E-state index in [1.807, 2.05) is 0 Å². The molecule has 1 aliphatic carbocycles. The fourth-order valence-corrected chi connectivity index (χ4v) is 6.84. The van der Waals surface area contributed by atoms with Gasteiger partial charge in [0.1, 0.15) is 0 Å². The number of alkyl halides is 6. The molecule has 0 radical (unpaired) electrons. The summed E-state index contributed by atoms with van der Waals surface area (Å²) >= 11 is 2.16. The van der Waals surface area contributed by atoms with Crippen molar-refractivity contribution >= 4 is 54.0 Å². The summed E-state index contributed by atoms with van der Waals surface area (Å²) in [6.07, 6.45) is 0. The summed E-state index contributed by atoms with van der Waals surface area (Å²) in [5, 5.41) is 1.73. The van der Waals surface area contributed by atoms with Gasteiger partial charge in [-0.05, 0) is 23.1 Å². The van der Waals surface area contributed by atoms with Crippen molar-refractivity contribution in [1.29, 1.82) is 0 Å². The Morgan fingerprint density at radius 3 is 1.86 bits per heavy atom. The molecule has 0 unspecified atom stereocenters. The van der Waals surface area contributed by atoms with Crippen molar-refractivity contribution in [3.05, 3.63) is 95.4 Å². The van der Waals surface area contributed by atoms with E-state index in [9.17, 15) is 8.78 Å². The van der Waals surface area contributed by atoms with Crippen molar-refractivity contribution < 1.29 is 26.3 Å². The quantitative estimate of drug-likeness (QED) is 0.210. The number of fused-ring (bicyclic) bond motifs is 2. The first-order valence-electron chi connectivity index (χ1n) is 10.6. The minimum atomic E-state index is -5.61. The van der Waals surface area contributed by atoms with E-state index in [1.54, 1.807) is 66.7 Å². The standard InChI is InChI=1S/C27H14F6S2/c28-25(29)22(18-14-34-19-12-6-4-10-16(18)19)23(26(30,31)27(25,32)33)21-17-11-5-7-13-20(17)35-24(21)15-8-2-1-3-9-15/h1-14H. The fraction of sp³-hybridized carbons (Fsp3) is 0.111. The maximum absolute atomic E-state index is 15.6. The third-order valence-electron chi connectivity index (χ3n) is 6.30. The second-order valence-electron chi connectivity index (χ2n) is 8.29. The topological polar surface area (TPSA) is 0 Å². The van der Waals surface area contributed by atoms with Gasteiger partial charge in [0.25, 0.3) is 0 Å². The Morgan fingerprint density at radius 2 is 1.14 bits per heavy atom. The van der Waals surface area contributed by atoms with Crippen molar-refractivity contribution in [3.63, 3.8) is 0 Å². The highest BCUT2D eigenvalue weighted by Gasteiger charge is 2.80. The molecule has 0 saturated carbocycles. The first kappa shape index (κ1) is 22.4. The summed E-state index contributed by atoms with van der Waals surface area (Å²) in [4.78, 5) is 0.243. The molecule has 0 aliphatic heterocycles. The van der Waals surface area contributed by atoms with Gasteiger partial charge >= 0.3 is 17.8 Å². The monoisotopic (exact) mass is 516 g/mol. The zero-order valence-electron chi connectivity index (χ0n) is 17.7. The molecular formula is C27H14F6S2. The van der Waals surface area contributed by atoms with Crippen molar-refractivity contribution in [1.82, 2.24) is 0 Å². The molecule has 176 valence electrons. The van der Waals surface area contributed by atoms with Gasteiger partial charge in [0.2, 0.25) is 0 Å². The lowest BCUT2D eigenvalue weighted by atomic mass is 9.91. The van der Waals surface area contributed by atoms with Gasteiger partial charge in [-0.25, -0.2) is 0 Å². The Hall–Kier alpha value is -3.10. The molecule has 0 N–H and O–H groups in total. The molecule has 3 aromatic carbocycles. The van der Waals surface area contributed by atoms with Crippen LogP contribution >= 0.6 is 22.7 Å². The largest absolute Gasteiger partial charge is 0.380 e. The number of benzene rings is 3. The molecule has 0 bridgehead atoms. The van der Waals surface area contributed by atoms with E-state index >= 15 is 17.6 Å². The molecule has 8 heteroatoms. The molecule has 6 rings (SSSR count). The van der Waals surface area contributed by atoms with Gasteiger partial charge < -0.3 is 0 Å². The first-order valence-corrected chi connectivity index (χ1v) is 12.3. The molecule has 0 saturated heterocycles. The van der Waals surface area contributed by atoms with Crippen LogP contribution in [-0.2, 0) is 0 Å². The lowest BCUT2D eigenvalue weighted by Gasteiger charge is -2.26. The molecule has 2 heterocycles. The van der Waals surface area contributed by atoms with Crippen molar-refractivity contribution in [3.8, 4) is 10.4 Å². The Bertz CT molecular complexity index is 1630. The van der Waals surface area contributed by atoms with E-state index in [-0.39, 0.29) is 26.8 Å². The Labute approximate surface area is 203 Å². The Morgan fingerprint density at radius 1 is 0.571 bits per heavy atom. The summed E-state index contributed by atoms with van der Waals surface area (Å²) in [6.45, 7) is 0. The number of allylic oxidation sites excluding steroid dienone is 2. The normalized spacial score (nSPS) is 18.6. The van der Waals surface area contributed by atoms with Gasteiger partial charge in [0, 0.05) is 47.3 Å². The average Bonchev–Trinajstić information content (AvgIpc) is 3.46. The van der Waals surface area contributed by atoms with Crippen molar-refractivity contribution in [2.75, 3.05) is 0 Å². The number of halogens is 6. The summed E-state index contributed by atoms with van der Waals surface area (Å²) in [6, 6.07) is 21.2. The van der Waals surface area contributed by atoms with Gasteiger partial charge in [0.05, 0.1) is 0 Å². The van der Waals surface area contributed by atoms with E-state index in [0.29, 0.717) is 15.0 Å². The summed E-state index contributed by atoms with van der Waals surface area (Å²) in [7, 11) is 0. The molecule has 0 nitrogen and oxygen atoms in total. The van der Waals surface area contributed by atoms with Crippen LogP contribution in [0, 0.1) is 0 Å². The second kappa shape index (κ2) is 7.45. The third-order valence-corrected chi connectivity index (χ3v) is 8.48. The van der Waals surface area contributed by atoms with E-state index in [4.69, 9.17) is 0 Å². The van der Waals surface area contributed by atoms with Gasteiger partial charge in [-0.3, -0.25) is 0 Å². The molecule has 0 amide bonds. The van der Waals surface area contributed by atoms with E-state index in [0.717, 1.165) is 22.7 Å². The highest BCUT2D eigenvalue weighted by molar-refractivity contribution is 7.22. The molecule has 1 aliphatic rings. The number of hydrogen-bond acceptors (Lipinski definition) is 2. The summed E-state index contributed by atoms with van der Waals surface area (Å²) in [5.74, 6) is -15.8. The average molecular weight is 517 g/mol. The SMILES string of the molecule is FC1(F)C(c2csc3ccccc23)=C(c2c(-c3ccccc3)sc3ccccc23)C(F)(F)C1(F)F. The third kappa shape index (κ3) is 2.93. The summed E-state index contributed by atoms with van der Waals surface area (Å²) < 4.78 is 93.3.